The van der Waals surface area contributed by atoms with E-state index in [1.807, 2.05) is 49.9 Å². The lowest BCUT2D eigenvalue weighted by molar-refractivity contribution is -0.161. The molecule has 5 heteroatoms. The lowest BCUT2D eigenvalue weighted by atomic mass is 9.89. The number of esters is 1. The molecule has 2 aliphatic heterocycles. The highest BCUT2D eigenvalue weighted by Crippen LogP contribution is 2.43. The fourth-order valence-corrected chi connectivity index (χ4v) is 4.44. The third kappa shape index (κ3) is 4.28. The van der Waals surface area contributed by atoms with Crippen LogP contribution in [0.1, 0.15) is 64.9 Å². The third-order valence-electron chi connectivity index (χ3n) is 5.68. The molecule has 0 unspecified atom stereocenters. The molecule has 0 aliphatic carbocycles. The molecule has 1 amide bonds. The van der Waals surface area contributed by atoms with E-state index in [4.69, 9.17) is 9.47 Å². The van der Waals surface area contributed by atoms with Gasteiger partial charge in [-0.25, -0.2) is 0 Å². The van der Waals surface area contributed by atoms with Crippen LogP contribution >= 0.6 is 0 Å². The third-order valence-corrected chi connectivity index (χ3v) is 5.68. The van der Waals surface area contributed by atoms with Crippen LogP contribution in [0.4, 0.5) is 0 Å². The number of carbonyl (C=O) groups is 2. The molecule has 1 aromatic rings. The quantitative estimate of drug-likeness (QED) is 0.734. The van der Waals surface area contributed by atoms with Crippen LogP contribution in [0.3, 0.4) is 0 Å². The summed E-state index contributed by atoms with van der Waals surface area (Å²) in [6, 6.07) is 8.05. The molecule has 0 aromatic heterocycles. The molecule has 5 nitrogen and oxygen atoms in total. The minimum Gasteiger partial charge on any atom is -0.497 e. The maximum Gasteiger partial charge on any atom is 0.311 e. The Bertz CT molecular complexity index is 709. The zero-order valence-corrected chi connectivity index (χ0v) is 17.0. The van der Waals surface area contributed by atoms with Crippen molar-refractivity contribution in [2.45, 2.75) is 77.0 Å². The zero-order valence-electron chi connectivity index (χ0n) is 17.0. The SMILES string of the molecule is COc1cccc([C@H](C)CC(=O)N2[C@H]3CC[C@H]2[C@@H](C(=O)OC(C)(C)C)C3)c1. The fraction of sp³-hybridized carbons (Fsp3) is 0.636. The van der Waals surface area contributed by atoms with Crippen LogP contribution in [-0.4, -0.2) is 41.6 Å². The molecule has 0 N–H and O–H groups in total. The van der Waals surface area contributed by atoms with E-state index in [1.165, 1.54) is 0 Å². The second kappa shape index (κ2) is 7.53. The number of fused-ring (bicyclic) bond motifs is 2. The summed E-state index contributed by atoms with van der Waals surface area (Å²) in [6.07, 6.45) is 3.07. The normalized spacial score (nSPS) is 25.4. The Labute approximate surface area is 162 Å². The highest BCUT2D eigenvalue weighted by atomic mass is 16.6. The first-order valence-corrected chi connectivity index (χ1v) is 9.87. The van der Waals surface area contributed by atoms with Gasteiger partial charge in [-0.3, -0.25) is 9.59 Å². The summed E-state index contributed by atoms with van der Waals surface area (Å²) in [5, 5.41) is 0. The van der Waals surface area contributed by atoms with Gasteiger partial charge in [-0.2, -0.15) is 0 Å². The second-order valence-electron chi connectivity index (χ2n) is 8.86. The molecule has 2 aliphatic rings. The number of nitrogens with zero attached hydrogens (tertiary/aromatic N) is 1. The standard InChI is InChI=1S/C22H31NO4/c1-14(15-7-6-8-17(12-15)26-5)11-20(24)23-16-9-10-19(23)18(13-16)21(25)27-22(2,3)4/h6-8,12,14,16,18-19H,9-11,13H2,1-5H3/t14-,16+,18+,19+/m1/s1. The molecule has 148 valence electrons. The van der Waals surface area contributed by atoms with Gasteiger partial charge in [0, 0.05) is 18.5 Å². The van der Waals surface area contributed by atoms with E-state index in [2.05, 4.69) is 6.92 Å². The minimum absolute atomic E-state index is 0.00476. The number of benzene rings is 1. The van der Waals surface area contributed by atoms with E-state index in [-0.39, 0.29) is 35.8 Å². The molecule has 1 aromatic carbocycles. The van der Waals surface area contributed by atoms with Crippen LogP contribution in [0.2, 0.25) is 0 Å². The van der Waals surface area contributed by atoms with Crippen LogP contribution in [0, 0.1) is 5.92 Å². The maximum absolute atomic E-state index is 13.0. The predicted molar refractivity (Wildman–Crippen MR) is 104 cm³/mol. The second-order valence-corrected chi connectivity index (χ2v) is 8.86. The topological polar surface area (TPSA) is 55.8 Å². The summed E-state index contributed by atoms with van der Waals surface area (Å²) >= 11 is 0. The number of rotatable bonds is 5. The van der Waals surface area contributed by atoms with Crippen molar-refractivity contribution in [1.82, 2.24) is 4.90 Å². The van der Waals surface area contributed by atoms with Gasteiger partial charge >= 0.3 is 5.97 Å². The molecular weight excluding hydrogens is 342 g/mol. The van der Waals surface area contributed by atoms with Crippen molar-refractivity contribution in [1.29, 1.82) is 0 Å². The van der Waals surface area contributed by atoms with Crippen molar-refractivity contribution in [2.24, 2.45) is 5.92 Å². The first kappa shape index (κ1) is 19.7. The Morgan fingerprint density at radius 3 is 2.67 bits per heavy atom. The largest absolute Gasteiger partial charge is 0.497 e. The first-order chi connectivity index (χ1) is 12.7. The van der Waals surface area contributed by atoms with Gasteiger partial charge in [0.15, 0.2) is 0 Å². The number of amides is 1. The highest BCUT2D eigenvalue weighted by molar-refractivity contribution is 5.82. The average Bonchev–Trinajstić information content (AvgIpc) is 3.18. The van der Waals surface area contributed by atoms with Crippen molar-refractivity contribution in [3.8, 4) is 5.75 Å². The molecule has 2 bridgehead atoms. The van der Waals surface area contributed by atoms with Crippen LogP contribution in [0.25, 0.3) is 0 Å². The van der Waals surface area contributed by atoms with Gasteiger partial charge < -0.3 is 14.4 Å². The highest BCUT2D eigenvalue weighted by Gasteiger charge is 2.52. The van der Waals surface area contributed by atoms with Gasteiger partial charge in [-0.1, -0.05) is 19.1 Å². The van der Waals surface area contributed by atoms with E-state index < -0.39 is 5.60 Å². The van der Waals surface area contributed by atoms with Crippen molar-refractivity contribution in [3.63, 3.8) is 0 Å². The van der Waals surface area contributed by atoms with Gasteiger partial charge in [-0.15, -0.1) is 0 Å². The van der Waals surface area contributed by atoms with Gasteiger partial charge in [0.25, 0.3) is 0 Å². The summed E-state index contributed by atoms with van der Waals surface area (Å²) < 4.78 is 10.9. The van der Waals surface area contributed by atoms with E-state index in [0.717, 1.165) is 30.6 Å². The maximum atomic E-state index is 13.0. The Morgan fingerprint density at radius 2 is 2.00 bits per heavy atom. The van der Waals surface area contributed by atoms with Crippen molar-refractivity contribution < 1.29 is 19.1 Å². The lowest BCUT2D eigenvalue weighted by Gasteiger charge is -2.27. The molecule has 0 spiro atoms. The molecule has 4 atom stereocenters. The molecule has 0 radical (unpaired) electrons. The average molecular weight is 373 g/mol. The molecule has 2 heterocycles. The van der Waals surface area contributed by atoms with Gasteiger partial charge in [0.1, 0.15) is 11.4 Å². The molecule has 27 heavy (non-hydrogen) atoms. The molecular formula is C22H31NO4. The summed E-state index contributed by atoms with van der Waals surface area (Å²) in [5.41, 5.74) is 0.604. The van der Waals surface area contributed by atoms with E-state index in [9.17, 15) is 9.59 Å². The van der Waals surface area contributed by atoms with E-state index in [1.54, 1.807) is 7.11 Å². The summed E-state index contributed by atoms with van der Waals surface area (Å²) in [6.45, 7) is 7.72. The van der Waals surface area contributed by atoms with Crippen LogP contribution in [-0.2, 0) is 14.3 Å². The van der Waals surface area contributed by atoms with Crippen molar-refractivity contribution in [3.05, 3.63) is 29.8 Å². The molecule has 2 saturated heterocycles. The number of carbonyl (C=O) groups excluding carboxylic acids is 2. The summed E-state index contributed by atoms with van der Waals surface area (Å²) in [4.78, 5) is 27.6. The van der Waals surface area contributed by atoms with Crippen LogP contribution in [0.15, 0.2) is 24.3 Å². The van der Waals surface area contributed by atoms with Crippen LogP contribution in [0.5, 0.6) is 5.75 Å². The van der Waals surface area contributed by atoms with Gasteiger partial charge in [-0.05, 0) is 63.6 Å². The van der Waals surface area contributed by atoms with Crippen LogP contribution < -0.4 is 4.74 Å². The number of methoxy groups -OCH3 is 1. The first-order valence-electron chi connectivity index (χ1n) is 9.87. The Kier molecular flexibility index (Phi) is 5.50. The Morgan fingerprint density at radius 1 is 1.26 bits per heavy atom. The van der Waals surface area contributed by atoms with E-state index >= 15 is 0 Å². The fourth-order valence-electron chi connectivity index (χ4n) is 4.44. The lowest BCUT2D eigenvalue weighted by Crippen LogP contribution is -2.39. The van der Waals surface area contributed by atoms with Crippen molar-refractivity contribution in [2.75, 3.05) is 7.11 Å². The van der Waals surface area contributed by atoms with Gasteiger partial charge in [0.2, 0.25) is 5.91 Å². The van der Waals surface area contributed by atoms with Gasteiger partial charge in [0.05, 0.1) is 13.0 Å². The Hall–Kier alpha value is -2.04. The smallest absolute Gasteiger partial charge is 0.311 e. The monoisotopic (exact) mass is 373 g/mol. The zero-order chi connectivity index (χ0) is 19.8. The minimum atomic E-state index is -0.491. The Balaban J connectivity index is 1.66. The number of hydrogen-bond donors (Lipinski definition) is 0. The molecule has 3 rings (SSSR count). The molecule has 0 saturated carbocycles. The molecule has 2 fully saturated rings. The predicted octanol–water partition coefficient (Wildman–Crippen LogP) is 3.91. The summed E-state index contributed by atoms with van der Waals surface area (Å²) in [5.74, 6) is 0.710. The summed E-state index contributed by atoms with van der Waals surface area (Å²) in [7, 11) is 1.65. The number of ether oxygens (including phenoxy) is 2. The number of hydrogen-bond acceptors (Lipinski definition) is 4. The van der Waals surface area contributed by atoms with Crippen molar-refractivity contribution >= 4 is 11.9 Å². The van der Waals surface area contributed by atoms with E-state index in [0.29, 0.717) is 6.42 Å².